The standard InChI is InChI=1S/C23H21NO5/c1-3-23(27,14-22(9-10-22)16-5-4-6-18(12-16)28-2)21(26)24-17-7-8-19-15(11-17)13-29-20(19)25/h1,4-8,11-12,27H,9-10,13-14H2,2H3,(H,24,26). The summed E-state index contributed by atoms with van der Waals surface area (Å²) in [6, 6.07) is 12.5. The summed E-state index contributed by atoms with van der Waals surface area (Å²) in [5.41, 5.74) is 0.284. The molecule has 148 valence electrons. The van der Waals surface area contributed by atoms with Gasteiger partial charge in [0.1, 0.15) is 12.4 Å². The third-order valence-corrected chi connectivity index (χ3v) is 5.69. The fraction of sp³-hybridized carbons (Fsp3) is 0.304. The van der Waals surface area contributed by atoms with E-state index in [2.05, 4.69) is 11.2 Å². The van der Waals surface area contributed by atoms with Crippen molar-refractivity contribution in [1.82, 2.24) is 0 Å². The first-order valence-corrected chi connectivity index (χ1v) is 9.35. The molecule has 1 saturated carbocycles. The van der Waals surface area contributed by atoms with Crippen LogP contribution < -0.4 is 10.1 Å². The third-order valence-electron chi connectivity index (χ3n) is 5.69. The highest BCUT2D eigenvalue weighted by Gasteiger charge is 2.52. The number of aliphatic hydroxyl groups is 1. The maximum Gasteiger partial charge on any atom is 0.338 e. The summed E-state index contributed by atoms with van der Waals surface area (Å²) in [7, 11) is 1.60. The number of hydrogen-bond acceptors (Lipinski definition) is 5. The maximum absolute atomic E-state index is 12.9. The van der Waals surface area contributed by atoms with Gasteiger partial charge in [-0.15, -0.1) is 6.42 Å². The zero-order chi connectivity index (χ0) is 20.6. The third kappa shape index (κ3) is 3.45. The Bertz CT molecular complexity index is 1030. The quantitative estimate of drug-likeness (QED) is 0.584. The molecule has 4 rings (SSSR count). The Morgan fingerprint density at radius 1 is 1.34 bits per heavy atom. The highest BCUT2D eigenvalue weighted by Crippen LogP contribution is 2.54. The lowest BCUT2D eigenvalue weighted by Gasteiger charge is -2.27. The zero-order valence-electron chi connectivity index (χ0n) is 16.0. The minimum absolute atomic E-state index is 0.113. The normalized spacial score (nSPS) is 18.0. The van der Waals surface area contributed by atoms with E-state index >= 15 is 0 Å². The number of rotatable bonds is 6. The Morgan fingerprint density at radius 3 is 2.83 bits per heavy atom. The second-order valence-electron chi connectivity index (χ2n) is 7.60. The lowest BCUT2D eigenvalue weighted by molar-refractivity contribution is -0.129. The van der Waals surface area contributed by atoms with E-state index in [0.29, 0.717) is 16.8 Å². The zero-order valence-corrected chi connectivity index (χ0v) is 16.0. The van der Waals surface area contributed by atoms with Crippen LogP contribution in [-0.2, 0) is 21.6 Å². The van der Waals surface area contributed by atoms with Gasteiger partial charge in [0.2, 0.25) is 5.60 Å². The van der Waals surface area contributed by atoms with Crippen molar-refractivity contribution >= 4 is 17.6 Å². The molecule has 0 aromatic heterocycles. The molecule has 29 heavy (non-hydrogen) atoms. The first-order valence-electron chi connectivity index (χ1n) is 9.35. The molecule has 0 bridgehead atoms. The molecule has 2 aromatic rings. The molecule has 1 atom stereocenters. The number of carbonyl (C=O) groups is 2. The Labute approximate surface area is 168 Å². The number of esters is 1. The lowest BCUT2D eigenvalue weighted by atomic mass is 9.83. The summed E-state index contributed by atoms with van der Waals surface area (Å²) >= 11 is 0. The number of methoxy groups -OCH3 is 1. The molecule has 1 unspecified atom stereocenters. The molecule has 1 aliphatic heterocycles. The average Bonchev–Trinajstić information content (AvgIpc) is 3.43. The van der Waals surface area contributed by atoms with Crippen LogP contribution in [0.4, 0.5) is 5.69 Å². The molecule has 1 heterocycles. The molecule has 1 aliphatic carbocycles. The van der Waals surface area contributed by atoms with E-state index in [4.69, 9.17) is 15.9 Å². The minimum atomic E-state index is -1.97. The van der Waals surface area contributed by atoms with Gasteiger partial charge in [-0.2, -0.15) is 0 Å². The van der Waals surface area contributed by atoms with Gasteiger partial charge in [0, 0.05) is 17.7 Å². The van der Waals surface area contributed by atoms with Gasteiger partial charge in [0.15, 0.2) is 0 Å². The molecular weight excluding hydrogens is 370 g/mol. The second kappa shape index (κ2) is 6.94. The van der Waals surface area contributed by atoms with Gasteiger partial charge in [-0.3, -0.25) is 4.79 Å². The van der Waals surface area contributed by atoms with Crippen LogP contribution in [0, 0.1) is 12.3 Å². The second-order valence-corrected chi connectivity index (χ2v) is 7.60. The molecule has 1 amide bonds. The van der Waals surface area contributed by atoms with Crippen molar-refractivity contribution in [2.75, 3.05) is 12.4 Å². The highest BCUT2D eigenvalue weighted by molar-refractivity contribution is 6.00. The maximum atomic E-state index is 12.9. The first kappa shape index (κ1) is 19.0. The number of anilines is 1. The van der Waals surface area contributed by atoms with Crippen molar-refractivity contribution in [3.05, 3.63) is 59.2 Å². The van der Waals surface area contributed by atoms with Crippen LogP contribution >= 0.6 is 0 Å². The summed E-state index contributed by atoms with van der Waals surface area (Å²) in [5.74, 6) is 1.96. The van der Waals surface area contributed by atoms with Crippen LogP contribution in [0.1, 0.15) is 40.7 Å². The Kier molecular flexibility index (Phi) is 4.56. The highest BCUT2D eigenvalue weighted by atomic mass is 16.5. The lowest BCUT2D eigenvalue weighted by Crippen LogP contribution is -2.44. The molecule has 0 saturated heterocycles. The van der Waals surface area contributed by atoms with Crippen LogP contribution in [0.15, 0.2) is 42.5 Å². The van der Waals surface area contributed by atoms with Crippen molar-refractivity contribution in [1.29, 1.82) is 0 Å². The van der Waals surface area contributed by atoms with E-state index < -0.39 is 11.5 Å². The van der Waals surface area contributed by atoms with E-state index in [1.54, 1.807) is 25.3 Å². The summed E-state index contributed by atoms with van der Waals surface area (Å²) in [4.78, 5) is 24.4. The fourth-order valence-electron chi connectivity index (χ4n) is 3.80. The number of cyclic esters (lactones) is 1. The number of ether oxygens (including phenoxy) is 2. The monoisotopic (exact) mass is 391 g/mol. The molecule has 2 N–H and O–H groups in total. The number of amides is 1. The van der Waals surface area contributed by atoms with Crippen molar-refractivity contribution in [3.8, 4) is 18.1 Å². The Morgan fingerprint density at radius 2 is 2.14 bits per heavy atom. The summed E-state index contributed by atoms with van der Waals surface area (Å²) in [6.45, 7) is 0.163. The van der Waals surface area contributed by atoms with Crippen molar-refractivity contribution in [3.63, 3.8) is 0 Å². The van der Waals surface area contributed by atoms with Crippen LogP contribution in [0.2, 0.25) is 0 Å². The number of benzene rings is 2. The van der Waals surface area contributed by atoms with Crippen molar-refractivity contribution < 1.29 is 24.2 Å². The molecular formula is C23H21NO5. The molecule has 0 spiro atoms. The number of nitrogens with one attached hydrogen (secondary N) is 1. The number of fused-ring (bicyclic) bond motifs is 1. The topological polar surface area (TPSA) is 84.9 Å². The van der Waals surface area contributed by atoms with Crippen LogP contribution in [-0.4, -0.2) is 29.7 Å². The fourth-order valence-corrected chi connectivity index (χ4v) is 3.80. The van der Waals surface area contributed by atoms with Gasteiger partial charge in [-0.05, 0) is 54.2 Å². The van der Waals surface area contributed by atoms with E-state index in [-0.39, 0.29) is 24.4 Å². The van der Waals surface area contributed by atoms with Gasteiger partial charge in [0.05, 0.1) is 12.7 Å². The SMILES string of the molecule is C#CC(O)(CC1(c2cccc(OC)c2)CC1)C(=O)Nc1ccc2c(c1)COC2=O. The van der Waals surface area contributed by atoms with Gasteiger partial charge in [-0.25, -0.2) is 4.79 Å². The molecule has 2 aromatic carbocycles. The van der Waals surface area contributed by atoms with Crippen LogP contribution in [0.3, 0.4) is 0 Å². The first-order chi connectivity index (χ1) is 13.9. The van der Waals surface area contributed by atoms with Crippen molar-refractivity contribution in [2.45, 2.75) is 36.9 Å². The average molecular weight is 391 g/mol. The van der Waals surface area contributed by atoms with Gasteiger partial charge in [-0.1, -0.05) is 18.1 Å². The number of hydrogen-bond donors (Lipinski definition) is 2. The van der Waals surface area contributed by atoms with Crippen LogP contribution in [0.25, 0.3) is 0 Å². The van der Waals surface area contributed by atoms with Crippen molar-refractivity contribution in [2.24, 2.45) is 0 Å². The summed E-state index contributed by atoms with van der Waals surface area (Å²) in [6.07, 6.45) is 7.36. The van der Waals surface area contributed by atoms with Gasteiger partial charge in [0.25, 0.3) is 5.91 Å². The molecule has 1 fully saturated rings. The van der Waals surface area contributed by atoms with Crippen LogP contribution in [0.5, 0.6) is 5.75 Å². The Hall–Kier alpha value is -3.30. The van der Waals surface area contributed by atoms with E-state index in [0.717, 1.165) is 24.2 Å². The largest absolute Gasteiger partial charge is 0.497 e. The molecule has 0 radical (unpaired) electrons. The van der Waals surface area contributed by atoms with E-state index in [9.17, 15) is 14.7 Å². The van der Waals surface area contributed by atoms with E-state index in [1.165, 1.54) is 0 Å². The van der Waals surface area contributed by atoms with E-state index in [1.807, 2.05) is 24.3 Å². The minimum Gasteiger partial charge on any atom is -0.497 e. The molecule has 2 aliphatic rings. The predicted molar refractivity (Wildman–Crippen MR) is 106 cm³/mol. The summed E-state index contributed by atoms with van der Waals surface area (Å²) in [5, 5.41) is 13.7. The smallest absolute Gasteiger partial charge is 0.338 e. The molecule has 6 heteroatoms. The Balaban J connectivity index is 1.53. The number of terminal acetylenes is 1. The van der Waals surface area contributed by atoms with Gasteiger partial charge >= 0.3 is 5.97 Å². The predicted octanol–water partition coefficient (Wildman–Crippen LogP) is 2.79. The van der Waals surface area contributed by atoms with Gasteiger partial charge < -0.3 is 19.9 Å². The molecule has 6 nitrogen and oxygen atoms in total. The summed E-state index contributed by atoms with van der Waals surface area (Å²) < 4.78 is 10.3. The number of carbonyl (C=O) groups excluding carboxylic acids is 2.